The first-order valence-electron chi connectivity index (χ1n) is 9.58. The number of ether oxygens (including phenoxy) is 2. The molecule has 0 amide bonds. The molecule has 27 heavy (non-hydrogen) atoms. The van der Waals surface area contributed by atoms with Gasteiger partial charge in [-0.2, -0.15) is 0 Å². The third kappa shape index (κ3) is 6.72. The molecular formula is C23H32N2O2. The molecule has 0 aliphatic heterocycles. The van der Waals surface area contributed by atoms with Gasteiger partial charge in [0.2, 0.25) is 0 Å². The monoisotopic (exact) mass is 368 g/mol. The van der Waals surface area contributed by atoms with Crippen LogP contribution >= 0.6 is 0 Å². The standard InChI is InChI=1S/C23H32N2O2/c1-6-25(4)17-24-22-15-23(26-5)21(14-19(22)3)11-8-12-27-16-20-10-7-9-18(2)13-20/h7,9-10,13-15,17H,6,8,11-12,16H2,1-5H3. The van der Waals surface area contributed by atoms with Gasteiger partial charge in [-0.25, -0.2) is 4.99 Å². The summed E-state index contributed by atoms with van der Waals surface area (Å²) in [6.07, 6.45) is 3.75. The maximum absolute atomic E-state index is 5.83. The molecule has 0 spiro atoms. The van der Waals surface area contributed by atoms with Crippen molar-refractivity contribution in [3.8, 4) is 5.75 Å². The van der Waals surface area contributed by atoms with Gasteiger partial charge in [0.15, 0.2) is 0 Å². The number of methoxy groups -OCH3 is 1. The van der Waals surface area contributed by atoms with Crippen LogP contribution < -0.4 is 4.74 Å². The van der Waals surface area contributed by atoms with Crippen LogP contribution in [0.2, 0.25) is 0 Å². The van der Waals surface area contributed by atoms with Crippen molar-refractivity contribution in [2.24, 2.45) is 4.99 Å². The van der Waals surface area contributed by atoms with E-state index in [0.29, 0.717) is 6.61 Å². The van der Waals surface area contributed by atoms with E-state index in [1.165, 1.54) is 16.7 Å². The second-order valence-corrected chi connectivity index (χ2v) is 6.91. The number of hydrogen-bond donors (Lipinski definition) is 0. The molecule has 0 unspecified atom stereocenters. The lowest BCUT2D eigenvalue weighted by Gasteiger charge is -2.13. The lowest BCUT2D eigenvalue weighted by atomic mass is 10.0. The molecule has 0 saturated heterocycles. The number of nitrogens with zero attached hydrogens (tertiary/aromatic N) is 2. The van der Waals surface area contributed by atoms with E-state index in [-0.39, 0.29) is 0 Å². The molecule has 0 aliphatic rings. The molecule has 2 aromatic carbocycles. The van der Waals surface area contributed by atoms with Crippen molar-refractivity contribution in [3.05, 3.63) is 58.7 Å². The highest BCUT2D eigenvalue weighted by Crippen LogP contribution is 2.29. The minimum Gasteiger partial charge on any atom is -0.496 e. The smallest absolute Gasteiger partial charge is 0.124 e. The second-order valence-electron chi connectivity index (χ2n) is 6.91. The van der Waals surface area contributed by atoms with Gasteiger partial charge in [-0.05, 0) is 50.3 Å². The van der Waals surface area contributed by atoms with Crippen molar-refractivity contribution in [1.82, 2.24) is 4.90 Å². The number of rotatable bonds is 10. The molecule has 0 fully saturated rings. The number of aliphatic imine (C=N–C) groups is 1. The van der Waals surface area contributed by atoms with Gasteiger partial charge in [0.05, 0.1) is 25.7 Å². The highest BCUT2D eigenvalue weighted by atomic mass is 16.5. The van der Waals surface area contributed by atoms with Crippen LogP contribution in [0.5, 0.6) is 5.75 Å². The Morgan fingerprint density at radius 2 is 1.96 bits per heavy atom. The highest BCUT2D eigenvalue weighted by molar-refractivity contribution is 5.64. The van der Waals surface area contributed by atoms with E-state index in [1.54, 1.807) is 7.11 Å². The van der Waals surface area contributed by atoms with E-state index in [1.807, 2.05) is 24.4 Å². The summed E-state index contributed by atoms with van der Waals surface area (Å²) in [5, 5.41) is 0. The van der Waals surface area contributed by atoms with E-state index >= 15 is 0 Å². The zero-order chi connectivity index (χ0) is 19.6. The second kappa shape index (κ2) is 10.7. The maximum atomic E-state index is 5.83. The fourth-order valence-corrected chi connectivity index (χ4v) is 2.86. The van der Waals surface area contributed by atoms with E-state index in [4.69, 9.17) is 9.47 Å². The highest BCUT2D eigenvalue weighted by Gasteiger charge is 2.08. The summed E-state index contributed by atoms with van der Waals surface area (Å²) in [5.74, 6) is 0.894. The Labute approximate surface area is 163 Å². The van der Waals surface area contributed by atoms with Crippen molar-refractivity contribution in [2.45, 2.75) is 40.2 Å². The quantitative estimate of drug-likeness (QED) is 0.333. The molecule has 0 radical (unpaired) electrons. The molecule has 4 heteroatoms. The van der Waals surface area contributed by atoms with E-state index in [9.17, 15) is 0 Å². The maximum Gasteiger partial charge on any atom is 0.124 e. The first-order chi connectivity index (χ1) is 13.0. The Balaban J connectivity index is 1.90. The average molecular weight is 369 g/mol. The van der Waals surface area contributed by atoms with Crippen molar-refractivity contribution in [3.63, 3.8) is 0 Å². The van der Waals surface area contributed by atoms with Gasteiger partial charge in [-0.3, -0.25) is 0 Å². The Bertz CT molecular complexity index is 756. The van der Waals surface area contributed by atoms with Gasteiger partial charge in [0.25, 0.3) is 0 Å². The predicted molar refractivity (Wildman–Crippen MR) is 113 cm³/mol. The van der Waals surface area contributed by atoms with Gasteiger partial charge >= 0.3 is 0 Å². The van der Waals surface area contributed by atoms with Gasteiger partial charge in [0.1, 0.15) is 5.75 Å². The molecule has 0 aromatic heterocycles. The van der Waals surface area contributed by atoms with Crippen molar-refractivity contribution in [1.29, 1.82) is 0 Å². The lowest BCUT2D eigenvalue weighted by Crippen LogP contribution is -2.14. The molecule has 0 bridgehead atoms. The Morgan fingerprint density at radius 3 is 2.67 bits per heavy atom. The summed E-state index contributed by atoms with van der Waals surface area (Å²) in [4.78, 5) is 6.62. The van der Waals surface area contributed by atoms with Gasteiger partial charge in [-0.1, -0.05) is 35.9 Å². The van der Waals surface area contributed by atoms with Crippen molar-refractivity contribution >= 4 is 12.0 Å². The zero-order valence-electron chi connectivity index (χ0n) is 17.3. The molecule has 0 N–H and O–H groups in total. The first-order valence-corrected chi connectivity index (χ1v) is 9.58. The summed E-state index contributed by atoms with van der Waals surface area (Å²) < 4.78 is 11.4. The normalized spacial score (nSPS) is 11.1. The van der Waals surface area contributed by atoms with Crippen LogP contribution in [0.15, 0.2) is 41.4 Å². The molecule has 0 aliphatic carbocycles. The summed E-state index contributed by atoms with van der Waals surface area (Å²) in [5.41, 5.74) is 5.81. The number of hydrogen-bond acceptors (Lipinski definition) is 3. The fourth-order valence-electron chi connectivity index (χ4n) is 2.86. The van der Waals surface area contributed by atoms with E-state index < -0.39 is 0 Å². The lowest BCUT2D eigenvalue weighted by molar-refractivity contribution is 0.118. The molecule has 0 atom stereocenters. The minimum atomic E-state index is 0.663. The summed E-state index contributed by atoms with van der Waals surface area (Å²) in [7, 11) is 3.73. The molecular weight excluding hydrogens is 336 g/mol. The molecule has 0 saturated carbocycles. The van der Waals surface area contributed by atoms with Crippen LogP contribution in [-0.2, 0) is 17.8 Å². The van der Waals surface area contributed by atoms with Crippen molar-refractivity contribution in [2.75, 3.05) is 27.3 Å². The Kier molecular flexibility index (Phi) is 8.34. The topological polar surface area (TPSA) is 34.1 Å². The molecule has 0 heterocycles. The number of benzene rings is 2. The third-order valence-electron chi connectivity index (χ3n) is 4.58. The molecule has 146 valence electrons. The third-order valence-corrected chi connectivity index (χ3v) is 4.58. The predicted octanol–water partition coefficient (Wildman–Crippen LogP) is 5.07. The van der Waals surface area contributed by atoms with E-state index in [2.05, 4.69) is 56.1 Å². The van der Waals surface area contributed by atoms with Crippen LogP contribution in [0.3, 0.4) is 0 Å². The van der Waals surface area contributed by atoms with Crippen molar-refractivity contribution < 1.29 is 9.47 Å². The zero-order valence-corrected chi connectivity index (χ0v) is 17.3. The van der Waals surface area contributed by atoms with Gasteiger partial charge in [0, 0.05) is 26.3 Å². The van der Waals surface area contributed by atoms with Gasteiger partial charge in [-0.15, -0.1) is 0 Å². The van der Waals surface area contributed by atoms with E-state index in [0.717, 1.165) is 43.0 Å². The molecule has 4 nitrogen and oxygen atoms in total. The average Bonchev–Trinajstić information content (AvgIpc) is 2.66. The first kappa shape index (κ1) is 21.0. The van der Waals surface area contributed by atoms with Crippen LogP contribution in [0, 0.1) is 13.8 Å². The summed E-state index contributed by atoms with van der Waals surface area (Å²) in [6.45, 7) is 8.62. The fraction of sp³-hybridized carbons (Fsp3) is 0.435. The van der Waals surface area contributed by atoms with Gasteiger partial charge < -0.3 is 14.4 Å². The molecule has 2 aromatic rings. The summed E-state index contributed by atoms with van der Waals surface area (Å²) in [6, 6.07) is 12.7. The van der Waals surface area contributed by atoms with Crippen LogP contribution in [0.1, 0.15) is 35.6 Å². The van der Waals surface area contributed by atoms with Crippen LogP contribution in [-0.4, -0.2) is 38.5 Å². The van der Waals surface area contributed by atoms with Crippen LogP contribution in [0.4, 0.5) is 5.69 Å². The number of aryl methyl sites for hydroxylation is 3. The largest absolute Gasteiger partial charge is 0.496 e. The molecule has 2 rings (SSSR count). The summed E-state index contributed by atoms with van der Waals surface area (Å²) >= 11 is 0. The minimum absolute atomic E-state index is 0.663. The van der Waals surface area contributed by atoms with Crippen LogP contribution in [0.25, 0.3) is 0 Å². The Morgan fingerprint density at radius 1 is 1.15 bits per heavy atom. The SMILES string of the molecule is CCN(C)C=Nc1cc(OC)c(CCCOCc2cccc(C)c2)cc1C. The Hall–Kier alpha value is -2.33.